The molecule has 0 radical (unpaired) electrons. The van der Waals surface area contributed by atoms with E-state index in [4.69, 9.17) is 31.6 Å². The average molecular weight is 678 g/mol. The summed E-state index contributed by atoms with van der Waals surface area (Å²) in [7, 11) is 0. The van der Waals surface area contributed by atoms with Crippen molar-refractivity contribution < 1.29 is 9.15 Å². The molecule has 0 saturated heterocycles. The van der Waals surface area contributed by atoms with E-state index < -0.39 is 6.04 Å². The molecule has 8 nitrogen and oxygen atoms in total. The molecule has 0 saturated carbocycles. The maximum Gasteiger partial charge on any atom is 0.200 e. The summed E-state index contributed by atoms with van der Waals surface area (Å²) in [6, 6.07) is 20.0. The number of nitrogens with zero attached hydrogens (tertiary/aromatic N) is 4. The van der Waals surface area contributed by atoms with Crippen molar-refractivity contribution in [2.24, 2.45) is 0 Å². The van der Waals surface area contributed by atoms with E-state index in [-0.39, 0.29) is 17.4 Å². The maximum atomic E-state index is 13.9. The molecule has 10 heteroatoms. The molecule has 0 aliphatic rings. The number of anilines is 1. The standard InChI is InChI=1S/C31H25ClIN5O3/c1-16(2)40-24-12-11-19(14-22(24)32)27-26-30(34)35-15-36-31(26)38(37-27)17(3)29-25(18-7-6-8-20(33)13-18)28(39)21-9-4-5-10-23(21)41-29/h4-17H,1-3H3,(H2,34,35,36). The van der Waals surface area contributed by atoms with E-state index in [1.54, 1.807) is 22.9 Å². The first-order chi connectivity index (χ1) is 19.7. The highest BCUT2D eigenvalue weighted by atomic mass is 127. The third-order valence-corrected chi connectivity index (χ3v) is 7.74. The molecule has 0 fully saturated rings. The van der Waals surface area contributed by atoms with Gasteiger partial charge >= 0.3 is 0 Å². The number of ether oxygens (including phenoxy) is 1. The van der Waals surface area contributed by atoms with Crippen molar-refractivity contribution in [3.05, 3.63) is 97.6 Å². The van der Waals surface area contributed by atoms with E-state index in [0.29, 0.717) is 49.8 Å². The summed E-state index contributed by atoms with van der Waals surface area (Å²) < 4.78 is 15.0. The van der Waals surface area contributed by atoms with Crippen LogP contribution in [0.1, 0.15) is 32.6 Å². The third kappa shape index (κ3) is 4.93. The van der Waals surface area contributed by atoms with Crippen molar-refractivity contribution >= 4 is 62.0 Å². The Labute approximate surface area is 254 Å². The number of hydrogen-bond donors (Lipinski definition) is 1. The van der Waals surface area contributed by atoms with E-state index in [1.165, 1.54) is 6.33 Å². The molecule has 6 rings (SSSR count). The monoisotopic (exact) mass is 677 g/mol. The van der Waals surface area contributed by atoms with Gasteiger partial charge in [-0.05, 0) is 91.4 Å². The van der Waals surface area contributed by atoms with Gasteiger partial charge in [0, 0.05) is 9.13 Å². The normalized spacial score (nSPS) is 12.3. The van der Waals surface area contributed by atoms with Gasteiger partial charge in [-0.1, -0.05) is 35.9 Å². The van der Waals surface area contributed by atoms with Crippen molar-refractivity contribution in [2.45, 2.75) is 32.9 Å². The fourth-order valence-corrected chi connectivity index (χ4v) is 5.72. The highest BCUT2D eigenvalue weighted by Crippen LogP contribution is 2.38. The number of para-hydroxylation sites is 1. The van der Waals surface area contributed by atoms with E-state index in [2.05, 4.69) is 32.6 Å². The van der Waals surface area contributed by atoms with Crippen LogP contribution in [0.25, 0.3) is 44.4 Å². The van der Waals surface area contributed by atoms with Crippen LogP contribution in [0.3, 0.4) is 0 Å². The van der Waals surface area contributed by atoms with Gasteiger partial charge in [0.15, 0.2) is 5.65 Å². The van der Waals surface area contributed by atoms with Gasteiger partial charge in [-0.2, -0.15) is 5.10 Å². The number of rotatable bonds is 6. The van der Waals surface area contributed by atoms with Crippen LogP contribution in [0.2, 0.25) is 5.02 Å². The van der Waals surface area contributed by atoms with E-state index in [9.17, 15) is 4.79 Å². The van der Waals surface area contributed by atoms with E-state index in [1.807, 2.05) is 69.3 Å². The summed E-state index contributed by atoms with van der Waals surface area (Å²) >= 11 is 8.82. The predicted molar refractivity (Wildman–Crippen MR) is 170 cm³/mol. The van der Waals surface area contributed by atoms with Crippen LogP contribution >= 0.6 is 34.2 Å². The van der Waals surface area contributed by atoms with Crippen LogP contribution in [0.15, 0.2) is 82.3 Å². The SMILES string of the molecule is CC(C)Oc1ccc(-c2nn(C(C)c3oc4ccccc4c(=O)c3-c3cccc(I)c3)c3ncnc(N)c23)cc1Cl. The van der Waals surface area contributed by atoms with Gasteiger partial charge in [0.2, 0.25) is 5.43 Å². The van der Waals surface area contributed by atoms with Crippen LogP contribution in [0.4, 0.5) is 5.82 Å². The van der Waals surface area contributed by atoms with E-state index in [0.717, 1.165) is 14.7 Å². The van der Waals surface area contributed by atoms with Gasteiger partial charge in [0.25, 0.3) is 0 Å². The van der Waals surface area contributed by atoms with Crippen LogP contribution < -0.4 is 15.9 Å². The van der Waals surface area contributed by atoms with Gasteiger partial charge in [0.05, 0.1) is 27.5 Å². The Bertz CT molecular complexity index is 2000. The molecule has 1 unspecified atom stereocenters. The molecule has 3 aromatic heterocycles. The lowest BCUT2D eigenvalue weighted by Gasteiger charge is -2.17. The Morgan fingerprint density at radius 1 is 1.00 bits per heavy atom. The van der Waals surface area contributed by atoms with E-state index >= 15 is 0 Å². The van der Waals surface area contributed by atoms with Crippen molar-refractivity contribution in [1.29, 1.82) is 0 Å². The second kappa shape index (κ2) is 10.8. The third-order valence-electron chi connectivity index (χ3n) is 6.77. The number of halogens is 2. The Morgan fingerprint density at radius 2 is 1.80 bits per heavy atom. The molecular weight excluding hydrogens is 653 g/mol. The summed E-state index contributed by atoms with van der Waals surface area (Å²) in [6.07, 6.45) is 1.37. The smallest absolute Gasteiger partial charge is 0.200 e. The number of nitrogen functional groups attached to an aromatic ring is 1. The highest BCUT2D eigenvalue weighted by molar-refractivity contribution is 14.1. The largest absolute Gasteiger partial charge is 0.489 e. The van der Waals surface area contributed by atoms with Gasteiger partial charge in [-0.25, -0.2) is 14.6 Å². The van der Waals surface area contributed by atoms with Crippen LogP contribution in [0.5, 0.6) is 5.75 Å². The molecule has 0 amide bonds. The second-order valence-corrected chi connectivity index (χ2v) is 11.6. The first kappa shape index (κ1) is 27.2. The van der Waals surface area contributed by atoms with Gasteiger partial charge in [-0.3, -0.25) is 4.79 Å². The first-order valence-electron chi connectivity index (χ1n) is 13.0. The molecular formula is C31H25ClIN5O3. The Morgan fingerprint density at radius 3 is 2.56 bits per heavy atom. The number of aromatic nitrogens is 4. The number of fused-ring (bicyclic) bond motifs is 2. The number of benzene rings is 3. The minimum absolute atomic E-state index is 0.0259. The quantitative estimate of drug-likeness (QED) is 0.182. The topological polar surface area (TPSA) is 109 Å². The predicted octanol–water partition coefficient (Wildman–Crippen LogP) is 7.50. The lowest BCUT2D eigenvalue weighted by atomic mass is 9.99. The zero-order valence-electron chi connectivity index (χ0n) is 22.4. The maximum absolute atomic E-state index is 13.9. The van der Waals surface area contributed by atoms with Crippen molar-refractivity contribution in [2.75, 3.05) is 5.73 Å². The molecule has 41 heavy (non-hydrogen) atoms. The zero-order chi connectivity index (χ0) is 28.8. The second-order valence-electron chi connectivity index (χ2n) is 9.92. The van der Waals surface area contributed by atoms with Gasteiger partial charge in [-0.15, -0.1) is 0 Å². The molecule has 6 aromatic rings. The molecule has 0 aliphatic heterocycles. The summed E-state index contributed by atoms with van der Waals surface area (Å²) in [5.74, 6) is 1.31. The lowest BCUT2D eigenvalue weighted by Crippen LogP contribution is -2.16. The minimum Gasteiger partial charge on any atom is -0.489 e. The van der Waals surface area contributed by atoms with Crippen LogP contribution in [-0.4, -0.2) is 25.9 Å². The molecule has 206 valence electrons. The molecule has 3 aromatic carbocycles. The number of hydrogen-bond acceptors (Lipinski definition) is 7. The summed E-state index contributed by atoms with van der Waals surface area (Å²) in [4.78, 5) is 22.7. The Hall–Kier alpha value is -3.96. The summed E-state index contributed by atoms with van der Waals surface area (Å²) in [5, 5.41) is 6.49. The summed E-state index contributed by atoms with van der Waals surface area (Å²) in [6.45, 7) is 5.80. The first-order valence-corrected chi connectivity index (χ1v) is 14.5. The molecule has 2 N–H and O–H groups in total. The van der Waals surface area contributed by atoms with Crippen LogP contribution in [-0.2, 0) is 0 Å². The number of nitrogens with two attached hydrogens (primary N) is 1. The zero-order valence-corrected chi connectivity index (χ0v) is 25.3. The Kier molecular flexibility index (Phi) is 7.16. The molecule has 0 spiro atoms. The van der Waals surface area contributed by atoms with Crippen molar-refractivity contribution in [1.82, 2.24) is 19.7 Å². The highest BCUT2D eigenvalue weighted by Gasteiger charge is 2.27. The fraction of sp³-hybridized carbons (Fsp3) is 0.161. The fourth-order valence-electron chi connectivity index (χ4n) is 4.95. The average Bonchev–Trinajstić information content (AvgIpc) is 3.34. The van der Waals surface area contributed by atoms with Crippen molar-refractivity contribution in [3.63, 3.8) is 0 Å². The molecule has 1 atom stereocenters. The Balaban J connectivity index is 1.58. The van der Waals surface area contributed by atoms with Crippen LogP contribution in [0, 0.1) is 3.57 Å². The van der Waals surface area contributed by atoms with Gasteiger partial charge < -0.3 is 14.9 Å². The molecule has 0 bridgehead atoms. The van der Waals surface area contributed by atoms with Gasteiger partial charge in [0.1, 0.15) is 41.0 Å². The minimum atomic E-state index is -0.537. The lowest BCUT2D eigenvalue weighted by molar-refractivity contribution is 0.242. The summed E-state index contributed by atoms with van der Waals surface area (Å²) in [5.41, 5.74) is 9.77. The van der Waals surface area contributed by atoms with Crippen molar-refractivity contribution in [3.8, 4) is 28.1 Å². The molecule has 3 heterocycles. The molecule has 0 aliphatic carbocycles.